The van der Waals surface area contributed by atoms with Crippen LogP contribution in [0.3, 0.4) is 0 Å². The largest absolute Gasteiger partial charge is 0.459 e. The number of benzene rings is 1. The summed E-state index contributed by atoms with van der Waals surface area (Å²) in [5.41, 5.74) is 2.21. The third-order valence-electron chi connectivity index (χ3n) is 4.32. The average Bonchev–Trinajstić information content (AvgIpc) is 3.19. The lowest BCUT2D eigenvalue weighted by atomic mass is 10.0. The average molecular weight is 369 g/mol. The van der Waals surface area contributed by atoms with E-state index in [9.17, 15) is 14.4 Å². The normalized spacial score (nSPS) is 13.2. The van der Waals surface area contributed by atoms with E-state index in [1.165, 1.54) is 6.26 Å². The highest BCUT2D eigenvalue weighted by Gasteiger charge is 2.26. The predicted octanol–water partition coefficient (Wildman–Crippen LogP) is 2.58. The van der Waals surface area contributed by atoms with Crippen molar-refractivity contribution in [3.05, 3.63) is 47.9 Å². The van der Waals surface area contributed by atoms with Crippen LogP contribution >= 0.6 is 0 Å². The lowest BCUT2D eigenvalue weighted by molar-refractivity contribution is -0.136. The van der Waals surface area contributed by atoms with E-state index in [2.05, 4.69) is 10.6 Å². The number of rotatable bonds is 4. The first-order chi connectivity index (χ1) is 13.0. The van der Waals surface area contributed by atoms with E-state index in [0.717, 1.165) is 24.1 Å². The number of nitrogens with one attached hydrogen (secondary N) is 2. The minimum Gasteiger partial charge on any atom is -0.459 e. The Bertz CT molecular complexity index is 843. The van der Waals surface area contributed by atoms with Crippen molar-refractivity contribution >= 4 is 29.1 Å². The van der Waals surface area contributed by atoms with Crippen molar-refractivity contribution in [2.45, 2.75) is 26.7 Å². The van der Waals surface area contributed by atoms with Gasteiger partial charge in [-0.2, -0.15) is 0 Å². The summed E-state index contributed by atoms with van der Waals surface area (Å²) in [6.45, 7) is 4.90. The predicted molar refractivity (Wildman–Crippen MR) is 102 cm³/mol. The highest BCUT2D eigenvalue weighted by Crippen LogP contribution is 2.31. The smallest absolute Gasteiger partial charge is 0.313 e. The van der Waals surface area contributed by atoms with Gasteiger partial charge in [0.15, 0.2) is 5.76 Å². The molecule has 0 unspecified atom stereocenters. The van der Waals surface area contributed by atoms with Crippen molar-refractivity contribution in [2.24, 2.45) is 5.92 Å². The molecule has 2 aromatic rings. The molecule has 2 N–H and O–H groups in total. The quantitative estimate of drug-likeness (QED) is 0.811. The molecule has 3 rings (SSSR count). The number of carbonyl (C=O) groups is 3. The number of nitrogens with zero attached hydrogens (tertiary/aromatic N) is 1. The lowest BCUT2D eigenvalue weighted by Gasteiger charge is -2.29. The first-order valence-corrected chi connectivity index (χ1v) is 9.03. The Morgan fingerprint density at radius 1 is 1.19 bits per heavy atom. The number of carbonyl (C=O) groups excluding carboxylic acids is 3. The van der Waals surface area contributed by atoms with Crippen LogP contribution in [-0.2, 0) is 16.0 Å². The standard InChI is InChI=1S/C20H23N3O4/c1-13(2)12-21-18(24)19(25)22-15-8-7-14-5-3-9-23(16(14)11-15)20(26)17-6-4-10-27-17/h4,6-8,10-11,13H,3,5,9,12H2,1-2H3,(H,21,24)(H,22,25). The van der Waals surface area contributed by atoms with Gasteiger partial charge in [-0.3, -0.25) is 14.4 Å². The summed E-state index contributed by atoms with van der Waals surface area (Å²) in [6, 6.07) is 8.64. The van der Waals surface area contributed by atoms with Crippen LogP contribution in [0.5, 0.6) is 0 Å². The van der Waals surface area contributed by atoms with Gasteiger partial charge < -0.3 is 20.0 Å². The lowest BCUT2D eigenvalue weighted by Crippen LogP contribution is -2.37. The fourth-order valence-electron chi connectivity index (χ4n) is 2.96. The van der Waals surface area contributed by atoms with Crippen molar-refractivity contribution in [1.29, 1.82) is 0 Å². The Balaban J connectivity index is 1.76. The molecule has 0 atom stereocenters. The molecule has 1 aromatic carbocycles. The summed E-state index contributed by atoms with van der Waals surface area (Å²) in [5, 5.41) is 5.18. The van der Waals surface area contributed by atoms with Crippen LogP contribution in [0.2, 0.25) is 0 Å². The summed E-state index contributed by atoms with van der Waals surface area (Å²) in [4.78, 5) is 38.3. The van der Waals surface area contributed by atoms with E-state index in [1.807, 2.05) is 19.9 Å². The summed E-state index contributed by atoms with van der Waals surface area (Å²) in [5.74, 6) is -1.10. The SMILES string of the molecule is CC(C)CNC(=O)C(=O)Nc1ccc2c(c1)N(C(=O)c1ccco1)CCC2. The molecule has 0 fully saturated rings. The van der Waals surface area contributed by atoms with Crippen LogP contribution in [0.15, 0.2) is 41.0 Å². The van der Waals surface area contributed by atoms with E-state index in [1.54, 1.807) is 29.2 Å². The van der Waals surface area contributed by atoms with E-state index in [0.29, 0.717) is 18.8 Å². The molecule has 1 aromatic heterocycles. The van der Waals surface area contributed by atoms with Crippen LogP contribution < -0.4 is 15.5 Å². The molecule has 1 aliphatic rings. The van der Waals surface area contributed by atoms with Gasteiger partial charge >= 0.3 is 11.8 Å². The number of aryl methyl sites for hydroxylation is 1. The van der Waals surface area contributed by atoms with Crippen molar-refractivity contribution in [3.63, 3.8) is 0 Å². The van der Waals surface area contributed by atoms with E-state index < -0.39 is 11.8 Å². The Kier molecular flexibility index (Phi) is 5.59. The maximum absolute atomic E-state index is 12.7. The summed E-state index contributed by atoms with van der Waals surface area (Å²) >= 11 is 0. The fraction of sp³-hybridized carbons (Fsp3) is 0.350. The zero-order chi connectivity index (χ0) is 19.4. The first-order valence-electron chi connectivity index (χ1n) is 9.03. The molecule has 2 heterocycles. The first kappa shape index (κ1) is 18.7. The van der Waals surface area contributed by atoms with E-state index >= 15 is 0 Å². The number of hydrogen-bond donors (Lipinski definition) is 2. The zero-order valence-corrected chi connectivity index (χ0v) is 15.5. The van der Waals surface area contributed by atoms with E-state index in [4.69, 9.17) is 4.42 Å². The molecule has 0 radical (unpaired) electrons. The second-order valence-corrected chi connectivity index (χ2v) is 6.94. The number of hydrogen-bond acceptors (Lipinski definition) is 4. The number of furan rings is 1. The molecule has 0 spiro atoms. The molecular formula is C20H23N3O4. The zero-order valence-electron chi connectivity index (χ0n) is 15.5. The van der Waals surface area contributed by atoms with Gasteiger partial charge in [0, 0.05) is 24.5 Å². The van der Waals surface area contributed by atoms with Crippen LogP contribution in [0.1, 0.15) is 36.4 Å². The third kappa shape index (κ3) is 4.36. The Hall–Kier alpha value is -3.09. The van der Waals surface area contributed by atoms with Crippen LogP contribution in [0, 0.1) is 5.92 Å². The monoisotopic (exact) mass is 369 g/mol. The highest BCUT2D eigenvalue weighted by molar-refractivity contribution is 6.39. The summed E-state index contributed by atoms with van der Waals surface area (Å²) in [6.07, 6.45) is 3.16. The highest BCUT2D eigenvalue weighted by atomic mass is 16.3. The minimum atomic E-state index is -0.727. The summed E-state index contributed by atoms with van der Waals surface area (Å²) < 4.78 is 5.22. The van der Waals surface area contributed by atoms with Crippen LogP contribution in [0.25, 0.3) is 0 Å². The molecule has 27 heavy (non-hydrogen) atoms. The summed E-state index contributed by atoms with van der Waals surface area (Å²) in [7, 11) is 0. The molecule has 3 amide bonds. The molecule has 1 aliphatic heterocycles. The maximum atomic E-state index is 12.7. The van der Waals surface area contributed by atoms with Gasteiger partial charge in [0.2, 0.25) is 0 Å². The van der Waals surface area contributed by atoms with Crippen molar-refractivity contribution in [2.75, 3.05) is 23.3 Å². The molecule has 0 saturated carbocycles. The van der Waals surface area contributed by atoms with Gasteiger partial charge in [-0.15, -0.1) is 0 Å². The number of fused-ring (bicyclic) bond motifs is 1. The van der Waals surface area contributed by atoms with Gasteiger partial charge in [-0.1, -0.05) is 19.9 Å². The molecular weight excluding hydrogens is 346 g/mol. The topological polar surface area (TPSA) is 91.7 Å². The Morgan fingerprint density at radius 2 is 2.00 bits per heavy atom. The second kappa shape index (κ2) is 8.07. The molecule has 7 nitrogen and oxygen atoms in total. The van der Waals surface area contributed by atoms with Gasteiger partial charge in [0.25, 0.3) is 5.91 Å². The fourth-order valence-corrected chi connectivity index (χ4v) is 2.96. The molecule has 142 valence electrons. The van der Waals surface area contributed by atoms with Crippen molar-refractivity contribution in [1.82, 2.24) is 5.32 Å². The number of anilines is 2. The van der Waals surface area contributed by atoms with Crippen molar-refractivity contribution in [3.8, 4) is 0 Å². The van der Waals surface area contributed by atoms with Crippen molar-refractivity contribution < 1.29 is 18.8 Å². The van der Waals surface area contributed by atoms with Gasteiger partial charge in [0.05, 0.1) is 6.26 Å². The third-order valence-corrected chi connectivity index (χ3v) is 4.32. The Labute approximate surface area is 157 Å². The van der Waals surface area contributed by atoms with E-state index in [-0.39, 0.29) is 17.6 Å². The van der Waals surface area contributed by atoms with Crippen LogP contribution in [-0.4, -0.2) is 30.8 Å². The Morgan fingerprint density at radius 3 is 2.70 bits per heavy atom. The van der Waals surface area contributed by atoms with Gasteiger partial charge in [-0.25, -0.2) is 0 Å². The van der Waals surface area contributed by atoms with Crippen LogP contribution in [0.4, 0.5) is 11.4 Å². The molecule has 0 bridgehead atoms. The maximum Gasteiger partial charge on any atom is 0.313 e. The van der Waals surface area contributed by atoms with Gasteiger partial charge in [0.1, 0.15) is 0 Å². The van der Waals surface area contributed by atoms with Gasteiger partial charge in [-0.05, 0) is 48.6 Å². The second-order valence-electron chi connectivity index (χ2n) is 6.94. The molecule has 0 saturated heterocycles. The molecule has 7 heteroatoms. The number of amides is 3. The molecule has 0 aliphatic carbocycles. The minimum absolute atomic E-state index is 0.223.